The standard InChI is InChI=1S/C24H21ClN4O/c1-16-22(18-8-6-17(7-9-18)5-4-14-28(2)3)23-21(15-26-16)24(30)29(27-23)20-12-10-19(25)11-13-20/h6-13,15,27H,14H2,1-3H3. The Hall–Kier alpha value is -3.33. The van der Waals surface area contributed by atoms with Crippen molar-refractivity contribution < 1.29 is 0 Å². The average Bonchev–Trinajstić information content (AvgIpc) is 3.05. The molecule has 0 fully saturated rings. The number of halogens is 1. The summed E-state index contributed by atoms with van der Waals surface area (Å²) in [6, 6.07) is 15.1. The van der Waals surface area contributed by atoms with Crippen molar-refractivity contribution >= 4 is 22.5 Å². The minimum Gasteiger partial charge on any atom is -0.299 e. The summed E-state index contributed by atoms with van der Waals surface area (Å²) in [5.74, 6) is 6.30. The molecule has 0 saturated heterocycles. The zero-order chi connectivity index (χ0) is 21.3. The van der Waals surface area contributed by atoms with Crippen LogP contribution < -0.4 is 5.56 Å². The lowest BCUT2D eigenvalue weighted by molar-refractivity contribution is 0.464. The number of H-pyrrole nitrogens is 1. The molecular weight excluding hydrogens is 396 g/mol. The maximum absolute atomic E-state index is 13.0. The summed E-state index contributed by atoms with van der Waals surface area (Å²) < 4.78 is 1.52. The van der Waals surface area contributed by atoms with E-state index in [1.165, 1.54) is 4.68 Å². The second-order valence-electron chi connectivity index (χ2n) is 7.35. The molecule has 0 atom stereocenters. The van der Waals surface area contributed by atoms with Crippen LogP contribution in [0.3, 0.4) is 0 Å². The highest BCUT2D eigenvalue weighted by atomic mass is 35.5. The molecule has 2 heterocycles. The van der Waals surface area contributed by atoms with Crippen LogP contribution in [0.1, 0.15) is 11.3 Å². The molecule has 0 amide bonds. The summed E-state index contributed by atoms with van der Waals surface area (Å²) in [7, 11) is 3.98. The summed E-state index contributed by atoms with van der Waals surface area (Å²) in [6.07, 6.45) is 1.63. The van der Waals surface area contributed by atoms with E-state index in [1.807, 2.05) is 50.2 Å². The number of benzene rings is 2. The number of aryl methyl sites for hydroxylation is 1. The highest BCUT2D eigenvalue weighted by molar-refractivity contribution is 6.30. The molecule has 4 aromatic rings. The van der Waals surface area contributed by atoms with Crippen molar-refractivity contribution in [2.75, 3.05) is 20.6 Å². The number of fused-ring (bicyclic) bond motifs is 1. The third-order valence-electron chi connectivity index (χ3n) is 4.81. The molecule has 5 nitrogen and oxygen atoms in total. The van der Waals surface area contributed by atoms with Gasteiger partial charge in [0.25, 0.3) is 5.56 Å². The van der Waals surface area contributed by atoms with Crippen LogP contribution in [0, 0.1) is 18.8 Å². The molecule has 0 radical (unpaired) electrons. The normalized spacial score (nSPS) is 11.0. The van der Waals surface area contributed by atoms with Gasteiger partial charge in [0.1, 0.15) is 0 Å². The van der Waals surface area contributed by atoms with Crippen LogP contribution in [0.4, 0.5) is 0 Å². The lowest BCUT2D eigenvalue weighted by Crippen LogP contribution is -2.14. The van der Waals surface area contributed by atoms with Crippen LogP contribution in [0.5, 0.6) is 0 Å². The van der Waals surface area contributed by atoms with E-state index in [0.29, 0.717) is 17.0 Å². The first-order chi connectivity index (χ1) is 14.4. The van der Waals surface area contributed by atoms with E-state index >= 15 is 0 Å². The van der Waals surface area contributed by atoms with Gasteiger partial charge in [-0.3, -0.25) is 19.8 Å². The number of aromatic amines is 1. The Morgan fingerprint density at radius 2 is 1.80 bits per heavy atom. The predicted molar refractivity (Wildman–Crippen MR) is 122 cm³/mol. The van der Waals surface area contributed by atoms with E-state index in [4.69, 9.17) is 11.6 Å². The largest absolute Gasteiger partial charge is 0.299 e. The Bertz CT molecular complexity index is 1320. The number of pyridine rings is 1. The van der Waals surface area contributed by atoms with E-state index in [9.17, 15) is 4.79 Å². The molecule has 0 aliphatic carbocycles. The predicted octanol–water partition coefficient (Wildman–Crippen LogP) is 4.26. The van der Waals surface area contributed by atoms with Crippen LogP contribution >= 0.6 is 11.6 Å². The van der Waals surface area contributed by atoms with Gasteiger partial charge in [-0.2, -0.15) is 0 Å². The molecule has 4 rings (SSSR count). The van der Waals surface area contributed by atoms with Gasteiger partial charge in [0.2, 0.25) is 0 Å². The zero-order valence-corrected chi connectivity index (χ0v) is 17.8. The second-order valence-corrected chi connectivity index (χ2v) is 7.79. The van der Waals surface area contributed by atoms with Gasteiger partial charge in [-0.1, -0.05) is 35.6 Å². The Balaban J connectivity index is 1.80. The molecule has 0 saturated carbocycles. The van der Waals surface area contributed by atoms with Gasteiger partial charge >= 0.3 is 0 Å². The third-order valence-corrected chi connectivity index (χ3v) is 5.06. The highest BCUT2D eigenvalue weighted by Gasteiger charge is 2.16. The molecule has 2 aromatic carbocycles. The molecule has 1 N–H and O–H groups in total. The van der Waals surface area contributed by atoms with Gasteiger partial charge in [-0.25, -0.2) is 4.68 Å². The fourth-order valence-corrected chi connectivity index (χ4v) is 3.44. The molecule has 0 bridgehead atoms. The minimum absolute atomic E-state index is 0.146. The SMILES string of the molecule is Cc1ncc2c(=O)n(-c3ccc(Cl)cc3)[nH]c2c1-c1ccc(C#CCN(C)C)cc1. The van der Waals surface area contributed by atoms with E-state index in [1.54, 1.807) is 30.5 Å². The first-order valence-corrected chi connectivity index (χ1v) is 9.92. The first-order valence-electron chi connectivity index (χ1n) is 9.54. The smallest absolute Gasteiger partial charge is 0.280 e. The number of rotatable bonds is 3. The fourth-order valence-electron chi connectivity index (χ4n) is 3.31. The highest BCUT2D eigenvalue weighted by Crippen LogP contribution is 2.29. The van der Waals surface area contributed by atoms with Crippen molar-refractivity contribution in [3.8, 4) is 28.7 Å². The summed E-state index contributed by atoms with van der Waals surface area (Å²) in [5, 5.41) is 4.42. The molecule has 6 heteroatoms. The summed E-state index contributed by atoms with van der Waals surface area (Å²) in [4.78, 5) is 19.5. The van der Waals surface area contributed by atoms with Gasteiger partial charge in [0.15, 0.2) is 0 Å². The number of hydrogen-bond acceptors (Lipinski definition) is 3. The summed E-state index contributed by atoms with van der Waals surface area (Å²) >= 11 is 5.98. The lowest BCUT2D eigenvalue weighted by atomic mass is 10.0. The molecule has 2 aromatic heterocycles. The van der Waals surface area contributed by atoms with Crippen LogP contribution in [0.25, 0.3) is 27.7 Å². The number of hydrogen-bond donors (Lipinski definition) is 1. The Labute approximate surface area is 179 Å². The Morgan fingerprint density at radius 3 is 2.47 bits per heavy atom. The molecular formula is C24H21ClN4O. The van der Waals surface area contributed by atoms with Gasteiger partial charge in [0.05, 0.1) is 23.1 Å². The Morgan fingerprint density at radius 1 is 1.10 bits per heavy atom. The zero-order valence-electron chi connectivity index (χ0n) is 17.0. The third kappa shape index (κ3) is 3.88. The number of aromatic nitrogens is 3. The lowest BCUT2D eigenvalue weighted by Gasteiger charge is -2.07. The molecule has 0 unspecified atom stereocenters. The second kappa shape index (κ2) is 8.19. The first kappa shape index (κ1) is 20.0. The van der Waals surface area contributed by atoms with Crippen LogP contribution in [-0.2, 0) is 0 Å². The maximum Gasteiger partial charge on any atom is 0.280 e. The van der Waals surface area contributed by atoms with Crippen molar-refractivity contribution in [1.29, 1.82) is 0 Å². The van der Waals surface area contributed by atoms with E-state index in [-0.39, 0.29) is 5.56 Å². The van der Waals surface area contributed by atoms with Crippen molar-refractivity contribution in [3.05, 3.63) is 81.4 Å². The van der Waals surface area contributed by atoms with Gasteiger partial charge < -0.3 is 0 Å². The van der Waals surface area contributed by atoms with Crippen LogP contribution in [0.2, 0.25) is 5.02 Å². The van der Waals surface area contributed by atoms with E-state index in [0.717, 1.165) is 33.6 Å². The maximum atomic E-state index is 13.0. The van der Waals surface area contributed by atoms with Crippen molar-refractivity contribution in [2.24, 2.45) is 0 Å². The Kier molecular flexibility index (Phi) is 5.45. The molecule has 150 valence electrons. The van der Waals surface area contributed by atoms with E-state index < -0.39 is 0 Å². The molecule has 30 heavy (non-hydrogen) atoms. The molecule has 0 spiro atoms. The average molecular weight is 417 g/mol. The number of nitrogens with one attached hydrogen (secondary N) is 1. The van der Waals surface area contributed by atoms with Crippen molar-refractivity contribution in [2.45, 2.75) is 6.92 Å². The van der Waals surface area contributed by atoms with Crippen LogP contribution in [0.15, 0.2) is 59.5 Å². The van der Waals surface area contributed by atoms with Crippen molar-refractivity contribution in [1.82, 2.24) is 19.7 Å². The topological polar surface area (TPSA) is 53.9 Å². The van der Waals surface area contributed by atoms with E-state index in [2.05, 4.69) is 21.9 Å². The van der Waals surface area contributed by atoms with Crippen molar-refractivity contribution in [3.63, 3.8) is 0 Å². The minimum atomic E-state index is -0.146. The van der Waals surface area contributed by atoms with Crippen LogP contribution in [-0.4, -0.2) is 40.3 Å². The summed E-state index contributed by atoms with van der Waals surface area (Å²) in [5.41, 5.74) is 5.01. The van der Waals surface area contributed by atoms with Gasteiger partial charge in [-0.05, 0) is 63.0 Å². The summed E-state index contributed by atoms with van der Waals surface area (Å²) in [6.45, 7) is 2.65. The molecule has 0 aliphatic rings. The van der Waals surface area contributed by atoms with Gasteiger partial charge in [-0.15, -0.1) is 0 Å². The molecule has 0 aliphatic heterocycles. The van der Waals surface area contributed by atoms with Gasteiger partial charge in [0, 0.05) is 28.0 Å². The fraction of sp³-hybridized carbons (Fsp3) is 0.167. The number of nitrogens with zero attached hydrogens (tertiary/aromatic N) is 3. The monoisotopic (exact) mass is 416 g/mol. The quantitative estimate of drug-likeness (QED) is 0.508.